The highest BCUT2D eigenvalue weighted by Gasteiger charge is 2.53. The van der Waals surface area contributed by atoms with Crippen molar-refractivity contribution in [3.05, 3.63) is 18.2 Å². The molecule has 4 rings (SSSR count). The molecule has 2 amide bonds. The normalized spacial score (nSPS) is 29.8. The number of anilines is 1. The number of ether oxygens (including phenoxy) is 3. The molecule has 3 aliphatic rings. The van der Waals surface area contributed by atoms with Crippen LogP contribution >= 0.6 is 0 Å². The zero-order valence-electron chi connectivity index (χ0n) is 13.8. The van der Waals surface area contributed by atoms with Gasteiger partial charge >= 0.3 is 12.6 Å². The molecule has 1 aromatic carbocycles. The molecule has 3 fully saturated rings. The summed E-state index contributed by atoms with van der Waals surface area (Å²) in [6, 6.07) is 4.19. The van der Waals surface area contributed by atoms with Crippen LogP contribution in [-0.2, 0) is 4.74 Å². The van der Waals surface area contributed by atoms with Crippen LogP contribution < -0.4 is 14.8 Å². The number of amides is 2. The molecule has 8 heteroatoms. The topological polar surface area (TPSA) is 60.0 Å². The van der Waals surface area contributed by atoms with E-state index >= 15 is 0 Å². The number of benzene rings is 1. The second-order valence-electron chi connectivity index (χ2n) is 6.70. The number of nitrogens with zero attached hydrogens (tertiary/aromatic N) is 1. The highest BCUT2D eigenvalue weighted by Crippen LogP contribution is 2.47. The van der Waals surface area contributed by atoms with Crippen LogP contribution in [0.3, 0.4) is 0 Å². The van der Waals surface area contributed by atoms with Crippen molar-refractivity contribution in [2.24, 2.45) is 11.8 Å². The standard InChI is InChI=1S/C17H20F2N2O4/c1-23-14-3-2-9(6-15(14)25-16(18)19)20-17(22)21-7-10-11(8-21)13-5-4-12(10)24-13/h2-3,6,10-13,16H,4-5,7-8H2,1H3,(H,20,22)/t10-,11-,12-,13-/m1/s1. The fourth-order valence-electron chi connectivity index (χ4n) is 4.27. The predicted octanol–water partition coefficient (Wildman–Crippen LogP) is 2.94. The average Bonchev–Trinajstić information content (AvgIpc) is 3.27. The van der Waals surface area contributed by atoms with E-state index in [4.69, 9.17) is 9.47 Å². The molecule has 0 saturated carbocycles. The number of hydrogen-bond donors (Lipinski definition) is 1. The van der Waals surface area contributed by atoms with Gasteiger partial charge in [0.15, 0.2) is 11.5 Å². The first-order valence-corrected chi connectivity index (χ1v) is 8.39. The number of carbonyl (C=O) groups excluding carboxylic acids is 1. The molecule has 136 valence electrons. The van der Waals surface area contributed by atoms with Crippen molar-refractivity contribution in [1.82, 2.24) is 4.90 Å². The minimum atomic E-state index is -2.96. The molecule has 0 spiro atoms. The Hall–Kier alpha value is -2.09. The summed E-state index contributed by atoms with van der Waals surface area (Å²) < 4.78 is 40.3. The van der Waals surface area contributed by atoms with E-state index in [1.807, 2.05) is 0 Å². The lowest BCUT2D eigenvalue weighted by Gasteiger charge is -2.20. The molecule has 0 radical (unpaired) electrons. The van der Waals surface area contributed by atoms with Gasteiger partial charge in [-0.25, -0.2) is 4.79 Å². The van der Waals surface area contributed by atoms with E-state index in [1.165, 1.54) is 19.2 Å². The maximum atomic E-state index is 12.5. The lowest BCUT2D eigenvalue weighted by Crippen LogP contribution is -2.35. The Morgan fingerprint density at radius 2 is 1.92 bits per heavy atom. The molecule has 1 N–H and O–H groups in total. The maximum absolute atomic E-state index is 12.5. The van der Waals surface area contributed by atoms with Crippen molar-refractivity contribution in [2.45, 2.75) is 31.7 Å². The molecule has 4 atom stereocenters. The van der Waals surface area contributed by atoms with Crippen LogP contribution in [0.1, 0.15) is 12.8 Å². The van der Waals surface area contributed by atoms with Gasteiger partial charge in [0.2, 0.25) is 0 Å². The molecule has 3 saturated heterocycles. The summed E-state index contributed by atoms with van der Waals surface area (Å²) in [4.78, 5) is 14.3. The monoisotopic (exact) mass is 354 g/mol. The Bertz CT molecular complexity index is 654. The molecule has 3 heterocycles. The van der Waals surface area contributed by atoms with E-state index < -0.39 is 6.61 Å². The van der Waals surface area contributed by atoms with Crippen LogP contribution in [0.5, 0.6) is 11.5 Å². The van der Waals surface area contributed by atoms with Crippen LogP contribution in [-0.4, -0.2) is 49.9 Å². The van der Waals surface area contributed by atoms with Crippen molar-refractivity contribution < 1.29 is 27.8 Å². The molecule has 6 nitrogen and oxygen atoms in total. The minimum absolute atomic E-state index is 0.111. The first kappa shape index (κ1) is 16.4. The first-order valence-electron chi connectivity index (χ1n) is 8.39. The van der Waals surface area contributed by atoms with E-state index in [0.717, 1.165) is 12.8 Å². The third-order valence-corrected chi connectivity index (χ3v) is 5.37. The van der Waals surface area contributed by atoms with Gasteiger partial charge in [0.25, 0.3) is 0 Å². The number of fused-ring (bicyclic) bond motifs is 5. The number of carbonyl (C=O) groups is 1. The van der Waals surface area contributed by atoms with Crippen LogP contribution in [0, 0.1) is 11.8 Å². The van der Waals surface area contributed by atoms with Gasteiger partial charge in [-0.15, -0.1) is 0 Å². The molecule has 2 bridgehead atoms. The Balaban J connectivity index is 1.43. The van der Waals surface area contributed by atoms with Crippen LogP contribution in [0.25, 0.3) is 0 Å². The summed E-state index contributed by atoms with van der Waals surface area (Å²) >= 11 is 0. The zero-order chi connectivity index (χ0) is 17.6. The number of alkyl halides is 2. The molecule has 25 heavy (non-hydrogen) atoms. The smallest absolute Gasteiger partial charge is 0.387 e. The molecular weight excluding hydrogens is 334 g/mol. The fraction of sp³-hybridized carbons (Fsp3) is 0.588. The van der Waals surface area contributed by atoms with E-state index in [-0.39, 0.29) is 29.7 Å². The number of hydrogen-bond acceptors (Lipinski definition) is 4. The van der Waals surface area contributed by atoms with E-state index in [1.54, 1.807) is 11.0 Å². The molecule has 0 unspecified atom stereocenters. The Morgan fingerprint density at radius 1 is 1.24 bits per heavy atom. The molecule has 1 aromatic rings. The lowest BCUT2D eigenvalue weighted by atomic mass is 9.82. The number of methoxy groups -OCH3 is 1. The van der Waals surface area contributed by atoms with Gasteiger partial charge in [-0.1, -0.05) is 0 Å². The van der Waals surface area contributed by atoms with Gasteiger partial charge < -0.3 is 24.4 Å². The van der Waals surface area contributed by atoms with Gasteiger partial charge in [0.05, 0.1) is 19.3 Å². The van der Waals surface area contributed by atoms with Crippen molar-refractivity contribution in [3.63, 3.8) is 0 Å². The van der Waals surface area contributed by atoms with Gasteiger partial charge in [0.1, 0.15) is 0 Å². The SMILES string of the molecule is COc1ccc(NC(=O)N2C[C@@H]3[C@@H](C2)[C@H]2CC[C@H]3O2)cc1OC(F)F. The zero-order valence-corrected chi connectivity index (χ0v) is 13.8. The summed E-state index contributed by atoms with van der Waals surface area (Å²) in [5, 5.41) is 2.75. The molecule has 0 aliphatic carbocycles. The summed E-state index contributed by atoms with van der Waals surface area (Å²) in [6.45, 7) is -1.61. The number of halogens is 2. The van der Waals surface area contributed by atoms with Gasteiger partial charge in [-0.05, 0) is 25.0 Å². The van der Waals surface area contributed by atoms with E-state index in [0.29, 0.717) is 30.6 Å². The fourth-order valence-corrected chi connectivity index (χ4v) is 4.27. The summed E-state index contributed by atoms with van der Waals surface area (Å²) in [5.41, 5.74) is 0.387. The van der Waals surface area contributed by atoms with E-state index in [2.05, 4.69) is 10.1 Å². The van der Waals surface area contributed by atoms with Crippen molar-refractivity contribution >= 4 is 11.7 Å². The quantitative estimate of drug-likeness (QED) is 0.903. The van der Waals surface area contributed by atoms with Crippen molar-refractivity contribution in [3.8, 4) is 11.5 Å². The third-order valence-electron chi connectivity index (χ3n) is 5.37. The second kappa shape index (κ2) is 6.33. The number of likely N-dealkylation sites (tertiary alicyclic amines) is 1. The lowest BCUT2D eigenvalue weighted by molar-refractivity contribution is -0.0511. The van der Waals surface area contributed by atoms with Gasteiger partial charge in [-0.3, -0.25) is 0 Å². The van der Waals surface area contributed by atoms with Crippen LogP contribution in [0.4, 0.5) is 19.3 Å². The van der Waals surface area contributed by atoms with Crippen LogP contribution in [0.15, 0.2) is 18.2 Å². The highest BCUT2D eigenvalue weighted by atomic mass is 19.3. The van der Waals surface area contributed by atoms with Gasteiger partial charge in [0, 0.05) is 36.7 Å². The maximum Gasteiger partial charge on any atom is 0.387 e. The summed E-state index contributed by atoms with van der Waals surface area (Å²) in [7, 11) is 1.37. The van der Waals surface area contributed by atoms with Gasteiger partial charge in [-0.2, -0.15) is 8.78 Å². The summed E-state index contributed by atoms with van der Waals surface area (Å²) in [6.07, 6.45) is 2.71. The molecular formula is C17H20F2N2O4. The van der Waals surface area contributed by atoms with Crippen molar-refractivity contribution in [1.29, 1.82) is 0 Å². The second-order valence-corrected chi connectivity index (χ2v) is 6.70. The van der Waals surface area contributed by atoms with Crippen LogP contribution in [0.2, 0.25) is 0 Å². The Morgan fingerprint density at radius 3 is 2.52 bits per heavy atom. The Labute approximate surface area is 144 Å². The predicted molar refractivity (Wildman–Crippen MR) is 85.1 cm³/mol. The average molecular weight is 354 g/mol. The van der Waals surface area contributed by atoms with Crippen molar-refractivity contribution in [2.75, 3.05) is 25.5 Å². The molecule has 3 aliphatic heterocycles. The molecule has 0 aromatic heterocycles. The number of nitrogens with one attached hydrogen (secondary N) is 1. The number of urea groups is 1. The first-order chi connectivity index (χ1) is 12.0. The Kier molecular flexibility index (Phi) is 4.15. The highest BCUT2D eigenvalue weighted by molar-refractivity contribution is 5.90. The van der Waals surface area contributed by atoms with E-state index in [9.17, 15) is 13.6 Å². The summed E-state index contributed by atoms with van der Waals surface area (Å²) in [5.74, 6) is 0.902. The minimum Gasteiger partial charge on any atom is -0.493 e. The largest absolute Gasteiger partial charge is 0.493 e. The third kappa shape index (κ3) is 2.99. The number of rotatable bonds is 4.